The molecule has 42 heavy (non-hydrogen) atoms. The second kappa shape index (κ2) is 11.9. The third-order valence-electron chi connectivity index (χ3n) is 7.15. The van der Waals surface area contributed by atoms with Gasteiger partial charge in [0.25, 0.3) is 10.0 Å². The molecule has 226 valence electrons. The van der Waals surface area contributed by atoms with E-state index in [1.54, 1.807) is 18.2 Å². The Hall–Kier alpha value is -3.11. The van der Waals surface area contributed by atoms with Gasteiger partial charge in [0.05, 0.1) is 21.7 Å². The number of anilines is 1. The minimum Gasteiger partial charge on any atom is -0.377 e. The Labute approximate surface area is 245 Å². The summed E-state index contributed by atoms with van der Waals surface area (Å²) in [6.45, 7) is 7.75. The number of para-hydroxylation sites is 1. The summed E-state index contributed by atoms with van der Waals surface area (Å²) in [5, 5.41) is 7.46. The Morgan fingerprint density at radius 2 is 1.86 bits per heavy atom. The van der Waals surface area contributed by atoms with Crippen LogP contribution in [0.1, 0.15) is 29.6 Å². The fraction of sp³-hybridized carbons (Fsp3) is 0.444. The highest BCUT2D eigenvalue weighted by Crippen LogP contribution is 2.37. The molecule has 0 radical (unpaired) electrons. The van der Waals surface area contributed by atoms with Crippen molar-refractivity contribution in [1.82, 2.24) is 24.3 Å². The van der Waals surface area contributed by atoms with Crippen LogP contribution in [-0.2, 0) is 27.5 Å². The molecule has 5 rings (SSSR count). The summed E-state index contributed by atoms with van der Waals surface area (Å²) in [5.74, 6) is 1.00. The summed E-state index contributed by atoms with van der Waals surface area (Å²) in [6.07, 6.45) is -4.57. The number of sulfonamides is 1. The quantitative estimate of drug-likeness (QED) is 0.277. The monoisotopic (exact) mass is 624 g/mol. The molecule has 1 aromatic carbocycles. The second-order valence-corrected chi connectivity index (χ2v) is 13.5. The van der Waals surface area contributed by atoms with Gasteiger partial charge in [0.2, 0.25) is 0 Å². The number of ether oxygens (including phenoxy) is 1. The van der Waals surface area contributed by atoms with E-state index in [2.05, 4.69) is 25.3 Å². The number of fused-ring (bicyclic) bond motifs is 1. The molecule has 4 aromatic rings. The number of hydrogen-bond acceptors (Lipinski definition) is 10. The first kappa shape index (κ1) is 30.4. The number of aryl methyl sites for hydroxylation is 1. The molecule has 0 aliphatic carbocycles. The lowest BCUT2D eigenvalue weighted by molar-refractivity contribution is -0.136. The molecule has 15 heteroatoms. The van der Waals surface area contributed by atoms with Crippen molar-refractivity contribution in [3.05, 3.63) is 53.0 Å². The molecule has 0 unspecified atom stereocenters. The van der Waals surface area contributed by atoms with Gasteiger partial charge in [-0.2, -0.15) is 17.5 Å². The van der Waals surface area contributed by atoms with Gasteiger partial charge in [-0.3, -0.25) is 4.90 Å². The third kappa shape index (κ3) is 6.15. The largest absolute Gasteiger partial charge is 0.418 e. The average molecular weight is 625 g/mol. The summed E-state index contributed by atoms with van der Waals surface area (Å²) in [6, 6.07) is 7.02. The second-order valence-electron chi connectivity index (χ2n) is 10.2. The van der Waals surface area contributed by atoms with E-state index in [9.17, 15) is 21.6 Å². The van der Waals surface area contributed by atoms with Gasteiger partial charge in [0, 0.05) is 56.8 Å². The van der Waals surface area contributed by atoms with Crippen molar-refractivity contribution < 1.29 is 30.8 Å². The van der Waals surface area contributed by atoms with Crippen LogP contribution < -0.4 is 5.32 Å². The van der Waals surface area contributed by atoms with E-state index >= 15 is 0 Å². The summed E-state index contributed by atoms with van der Waals surface area (Å²) >= 11 is 1.16. The van der Waals surface area contributed by atoms with E-state index in [4.69, 9.17) is 9.26 Å². The molecule has 1 aliphatic rings. The van der Waals surface area contributed by atoms with Gasteiger partial charge >= 0.3 is 6.18 Å². The van der Waals surface area contributed by atoms with Gasteiger partial charge in [0.15, 0.2) is 11.6 Å². The first-order valence-electron chi connectivity index (χ1n) is 13.3. The van der Waals surface area contributed by atoms with Crippen LogP contribution in [0.2, 0.25) is 0 Å². The number of piperazine rings is 1. The van der Waals surface area contributed by atoms with Crippen molar-refractivity contribution >= 4 is 38.1 Å². The first-order chi connectivity index (χ1) is 19.9. The van der Waals surface area contributed by atoms with Crippen molar-refractivity contribution in [3.8, 4) is 10.6 Å². The molecule has 1 atom stereocenters. The molecular formula is C27H31F3N6O4S2. The summed E-state index contributed by atoms with van der Waals surface area (Å²) in [7, 11) is -2.25. The molecule has 4 heterocycles. The molecular weight excluding hydrogens is 593 g/mol. The number of rotatable bonds is 9. The number of halogens is 3. The zero-order valence-electron chi connectivity index (χ0n) is 23.5. The van der Waals surface area contributed by atoms with E-state index in [1.807, 2.05) is 20.8 Å². The van der Waals surface area contributed by atoms with Crippen molar-refractivity contribution in [2.75, 3.05) is 45.2 Å². The predicted octanol–water partition coefficient (Wildman–Crippen LogP) is 4.94. The predicted molar refractivity (Wildman–Crippen MR) is 153 cm³/mol. The Morgan fingerprint density at radius 3 is 2.50 bits per heavy atom. The zero-order chi connectivity index (χ0) is 30.2. The Kier molecular flexibility index (Phi) is 8.58. The highest BCUT2D eigenvalue weighted by atomic mass is 32.2. The number of aromatic nitrogens is 3. The van der Waals surface area contributed by atoms with E-state index in [0.29, 0.717) is 43.4 Å². The Morgan fingerprint density at radius 1 is 1.12 bits per heavy atom. The van der Waals surface area contributed by atoms with Crippen LogP contribution in [-0.4, -0.2) is 78.6 Å². The number of nitrogens with one attached hydrogen (secondary N) is 1. The lowest BCUT2D eigenvalue weighted by atomic mass is 10.1. The molecule has 1 N–H and O–H groups in total. The average Bonchev–Trinajstić information content (AvgIpc) is 3.55. The minimum atomic E-state index is -4.57. The summed E-state index contributed by atoms with van der Waals surface area (Å²) in [5.41, 5.74) is 0.613. The van der Waals surface area contributed by atoms with Crippen LogP contribution in [0.5, 0.6) is 0 Å². The van der Waals surface area contributed by atoms with Crippen molar-refractivity contribution in [1.29, 1.82) is 0 Å². The molecule has 0 saturated carbocycles. The number of hydrogen-bond donors (Lipinski definition) is 1. The SMILES string of the molecule is COCc1nc(N[C@@H](C)CN2CCN(S(=O)(=O)c3ccc(-c4onc(C)c4C)s3)CC2)c2cccc(C(F)(F)F)c2n1. The van der Waals surface area contributed by atoms with E-state index in [1.165, 1.54) is 17.5 Å². The van der Waals surface area contributed by atoms with Gasteiger partial charge in [0.1, 0.15) is 16.6 Å². The Balaban J connectivity index is 1.25. The number of benzene rings is 1. The fourth-order valence-corrected chi connectivity index (χ4v) is 7.82. The summed E-state index contributed by atoms with van der Waals surface area (Å²) in [4.78, 5) is 11.4. The van der Waals surface area contributed by atoms with E-state index in [-0.39, 0.29) is 39.4 Å². The Bertz CT molecular complexity index is 1680. The van der Waals surface area contributed by atoms with Crippen LogP contribution in [0, 0.1) is 13.8 Å². The van der Waals surface area contributed by atoms with E-state index in [0.717, 1.165) is 28.7 Å². The fourth-order valence-electron chi connectivity index (χ4n) is 4.90. The third-order valence-corrected chi connectivity index (χ3v) is 10.6. The number of nitrogens with zero attached hydrogens (tertiary/aromatic N) is 5. The maximum absolute atomic E-state index is 13.7. The number of thiophene rings is 1. The van der Waals surface area contributed by atoms with Gasteiger partial charge in [-0.1, -0.05) is 11.2 Å². The van der Waals surface area contributed by atoms with Gasteiger partial charge in [-0.15, -0.1) is 11.3 Å². The van der Waals surface area contributed by atoms with E-state index < -0.39 is 21.8 Å². The van der Waals surface area contributed by atoms with Crippen LogP contribution in [0.3, 0.4) is 0 Å². The van der Waals surface area contributed by atoms with Crippen molar-refractivity contribution in [2.24, 2.45) is 0 Å². The smallest absolute Gasteiger partial charge is 0.377 e. The number of methoxy groups -OCH3 is 1. The maximum Gasteiger partial charge on any atom is 0.418 e. The van der Waals surface area contributed by atoms with Crippen LogP contribution in [0.25, 0.3) is 21.5 Å². The molecule has 1 fully saturated rings. The van der Waals surface area contributed by atoms with Crippen LogP contribution in [0.15, 0.2) is 39.1 Å². The van der Waals surface area contributed by atoms with Gasteiger partial charge in [-0.05, 0) is 45.0 Å². The van der Waals surface area contributed by atoms with Crippen molar-refractivity contribution in [3.63, 3.8) is 0 Å². The topological polar surface area (TPSA) is 114 Å². The molecule has 3 aromatic heterocycles. The molecule has 0 spiro atoms. The van der Waals surface area contributed by atoms with Gasteiger partial charge < -0.3 is 14.6 Å². The molecule has 10 nitrogen and oxygen atoms in total. The maximum atomic E-state index is 13.7. The molecule has 1 aliphatic heterocycles. The normalized spacial score (nSPS) is 16.3. The number of alkyl halides is 3. The van der Waals surface area contributed by atoms with Crippen LogP contribution >= 0.6 is 11.3 Å². The highest BCUT2D eigenvalue weighted by molar-refractivity contribution is 7.91. The van der Waals surface area contributed by atoms with Gasteiger partial charge in [-0.25, -0.2) is 18.4 Å². The lowest BCUT2D eigenvalue weighted by Gasteiger charge is -2.35. The summed E-state index contributed by atoms with van der Waals surface area (Å²) < 4.78 is 80.0. The van der Waals surface area contributed by atoms with Crippen LogP contribution in [0.4, 0.5) is 19.0 Å². The highest BCUT2D eigenvalue weighted by Gasteiger charge is 2.34. The molecule has 0 amide bonds. The minimum absolute atomic E-state index is 0.0367. The first-order valence-corrected chi connectivity index (χ1v) is 15.5. The zero-order valence-corrected chi connectivity index (χ0v) is 25.2. The lowest BCUT2D eigenvalue weighted by Crippen LogP contribution is -2.50. The standard InChI is InChI=1S/C27H31F3N6O4S2/c1-16(31-26-19-6-5-7-20(27(28,29)30)24(19)32-22(33-26)15-39-4)14-35-10-12-36(13-11-35)42(37,38)23-9-8-21(41-23)25-17(2)18(3)34-40-25/h5-9,16H,10-15H2,1-4H3,(H,31,32,33)/t16-/m0/s1. The van der Waals surface area contributed by atoms with Crippen molar-refractivity contribution in [2.45, 2.75) is 43.8 Å². The molecule has 0 bridgehead atoms. The molecule has 1 saturated heterocycles.